The van der Waals surface area contributed by atoms with E-state index in [1.807, 2.05) is 0 Å². The third-order valence-corrected chi connectivity index (χ3v) is 4.50. The summed E-state index contributed by atoms with van der Waals surface area (Å²) in [6.45, 7) is 3.00. The largest absolute Gasteiger partial charge is 0.480 e. The number of carbonyl (C=O) groups excluding carboxylic acids is 1. The van der Waals surface area contributed by atoms with Gasteiger partial charge in [-0.2, -0.15) is 13.2 Å². The Kier molecular flexibility index (Phi) is 4.71. The maximum Gasteiger partial charge on any atom is 0.416 e. The predicted octanol–water partition coefficient (Wildman–Crippen LogP) is 3.48. The number of hydrogen-bond donors (Lipinski definition) is 2. The van der Waals surface area contributed by atoms with E-state index in [1.54, 1.807) is 6.92 Å². The molecule has 1 aliphatic carbocycles. The average Bonchev–Trinajstić information content (AvgIpc) is 3.35. The van der Waals surface area contributed by atoms with Crippen molar-refractivity contribution < 1.29 is 27.9 Å². The van der Waals surface area contributed by atoms with E-state index in [0.717, 1.165) is 12.1 Å². The summed E-state index contributed by atoms with van der Waals surface area (Å²) in [4.78, 5) is 32.5. The molecule has 1 saturated carbocycles. The quantitative estimate of drug-likeness (QED) is 0.830. The van der Waals surface area contributed by atoms with Crippen molar-refractivity contribution in [2.24, 2.45) is 0 Å². The lowest BCUT2D eigenvalue weighted by Crippen LogP contribution is -2.45. The normalized spacial score (nSPS) is 15.4. The molecule has 2 N–H and O–H groups in total. The number of rotatable bonds is 5. The Bertz CT molecular complexity index is 887. The highest BCUT2D eigenvalue weighted by Gasteiger charge is 2.40. The molecule has 1 heterocycles. The van der Waals surface area contributed by atoms with Gasteiger partial charge in [0.25, 0.3) is 5.91 Å². The number of carbonyl (C=O) groups is 2. The summed E-state index contributed by atoms with van der Waals surface area (Å²) in [5, 5.41) is 9.26. The van der Waals surface area contributed by atoms with Crippen LogP contribution in [0.5, 0.6) is 0 Å². The Morgan fingerprint density at radius 2 is 2.00 bits per heavy atom. The summed E-state index contributed by atoms with van der Waals surface area (Å²) in [6, 6.07) is 3.45. The fourth-order valence-electron chi connectivity index (χ4n) is 2.90. The van der Waals surface area contributed by atoms with Gasteiger partial charge >= 0.3 is 12.1 Å². The highest BCUT2D eigenvalue weighted by atomic mass is 19.4. The van der Waals surface area contributed by atoms with Gasteiger partial charge in [-0.05, 0) is 38.8 Å². The van der Waals surface area contributed by atoms with E-state index in [1.165, 1.54) is 24.0 Å². The second-order valence-corrected chi connectivity index (χ2v) is 6.60. The van der Waals surface area contributed by atoms with Gasteiger partial charge in [0.2, 0.25) is 0 Å². The zero-order valence-electron chi connectivity index (χ0n) is 14.7. The summed E-state index contributed by atoms with van der Waals surface area (Å²) >= 11 is 0. The average molecular weight is 381 g/mol. The van der Waals surface area contributed by atoms with Crippen LogP contribution in [0.15, 0.2) is 24.3 Å². The molecule has 1 unspecified atom stereocenters. The molecule has 27 heavy (non-hydrogen) atoms. The Hall–Kier alpha value is -2.84. The lowest BCUT2D eigenvalue weighted by Gasteiger charge is -2.25. The number of aryl methyl sites for hydroxylation is 1. The first-order valence-electron chi connectivity index (χ1n) is 8.39. The number of amides is 1. The van der Waals surface area contributed by atoms with Gasteiger partial charge in [-0.3, -0.25) is 4.79 Å². The predicted molar refractivity (Wildman–Crippen MR) is 90.1 cm³/mol. The van der Waals surface area contributed by atoms with Gasteiger partial charge in [0.1, 0.15) is 17.6 Å². The van der Waals surface area contributed by atoms with Crippen LogP contribution in [0.1, 0.15) is 41.5 Å². The van der Waals surface area contributed by atoms with Crippen LogP contribution < -0.4 is 0 Å². The number of alkyl halides is 3. The van der Waals surface area contributed by atoms with Crippen molar-refractivity contribution in [2.45, 2.75) is 44.9 Å². The van der Waals surface area contributed by atoms with Crippen molar-refractivity contribution >= 4 is 11.9 Å². The van der Waals surface area contributed by atoms with Gasteiger partial charge in [-0.15, -0.1) is 0 Å². The maximum atomic E-state index is 12.9. The molecule has 1 fully saturated rings. The molecule has 144 valence electrons. The minimum Gasteiger partial charge on any atom is -0.480 e. The number of aromatic amines is 1. The van der Waals surface area contributed by atoms with E-state index < -0.39 is 29.7 Å². The molecule has 1 atom stereocenters. The fraction of sp³-hybridized carbons (Fsp3) is 0.389. The van der Waals surface area contributed by atoms with Gasteiger partial charge in [0.15, 0.2) is 0 Å². The monoisotopic (exact) mass is 381 g/mol. The van der Waals surface area contributed by atoms with E-state index >= 15 is 0 Å². The third kappa shape index (κ3) is 3.81. The first-order valence-corrected chi connectivity index (χ1v) is 8.39. The molecule has 0 aliphatic heterocycles. The first-order chi connectivity index (χ1) is 12.6. The van der Waals surface area contributed by atoms with E-state index in [2.05, 4.69) is 9.97 Å². The number of aliphatic carboxylic acids is 1. The van der Waals surface area contributed by atoms with Crippen molar-refractivity contribution in [3.05, 3.63) is 41.2 Å². The number of carboxylic acid groups (broad SMARTS) is 1. The Morgan fingerprint density at radius 3 is 2.56 bits per heavy atom. The number of nitrogens with zero attached hydrogens (tertiary/aromatic N) is 2. The Balaban J connectivity index is 1.95. The molecule has 0 saturated heterocycles. The molecule has 1 aromatic heterocycles. The topological polar surface area (TPSA) is 86.3 Å². The van der Waals surface area contributed by atoms with Crippen LogP contribution in [0, 0.1) is 6.92 Å². The van der Waals surface area contributed by atoms with E-state index in [9.17, 15) is 27.9 Å². The van der Waals surface area contributed by atoms with Crippen molar-refractivity contribution in [1.29, 1.82) is 0 Å². The third-order valence-electron chi connectivity index (χ3n) is 4.50. The van der Waals surface area contributed by atoms with Crippen molar-refractivity contribution in [1.82, 2.24) is 14.9 Å². The van der Waals surface area contributed by atoms with Crippen molar-refractivity contribution in [2.75, 3.05) is 0 Å². The number of carboxylic acids is 1. The number of hydrogen-bond acceptors (Lipinski definition) is 3. The second-order valence-electron chi connectivity index (χ2n) is 6.60. The van der Waals surface area contributed by atoms with Crippen LogP contribution in [0.3, 0.4) is 0 Å². The molecule has 0 spiro atoms. The molecule has 9 heteroatoms. The van der Waals surface area contributed by atoms with Gasteiger partial charge in [-0.25, -0.2) is 9.78 Å². The minimum absolute atomic E-state index is 0.0161. The second kappa shape index (κ2) is 6.71. The molecule has 2 aromatic rings. The minimum atomic E-state index is -4.49. The van der Waals surface area contributed by atoms with Gasteiger partial charge in [0, 0.05) is 17.3 Å². The van der Waals surface area contributed by atoms with Crippen LogP contribution >= 0.6 is 0 Å². The first kappa shape index (κ1) is 18.9. The molecule has 6 nitrogen and oxygen atoms in total. The number of halogens is 3. The van der Waals surface area contributed by atoms with Crippen LogP contribution in [0.25, 0.3) is 11.4 Å². The number of H-pyrrole nitrogens is 1. The Labute approximate surface area is 153 Å². The van der Waals surface area contributed by atoms with Crippen molar-refractivity contribution in [3.63, 3.8) is 0 Å². The van der Waals surface area contributed by atoms with Crippen LogP contribution in [-0.2, 0) is 11.0 Å². The zero-order chi connectivity index (χ0) is 19.9. The number of imidazole rings is 1. The molecule has 1 aromatic carbocycles. The molecule has 0 radical (unpaired) electrons. The number of aromatic nitrogens is 2. The van der Waals surface area contributed by atoms with Crippen LogP contribution in [0.2, 0.25) is 0 Å². The van der Waals surface area contributed by atoms with Gasteiger partial charge in [-0.1, -0.05) is 12.1 Å². The van der Waals surface area contributed by atoms with E-state index in [0.29, 0.717) is 18.5 Å². The highest BCUT2D eigenvalue weighted by Crippen LogP contribution is 2.33. The number of benzene rings is 1. The summed E-state index contributed by atoms with van der Waals surface area (Å²) in [6.07, 6.45) is -3.06. The van der Waals surface area contributed by atoms with Crippen LogP contribution in [-0.4, -0.2) is 43.9 Å². The summed E-state index contributed by atoms with van der Waals surface area (Å²) in [5.74, 6) is -1.54. The fourth-order valence-corrected chi connectivity index (χ4v) is 2.90. The summed E-state index contributed by atoms with van der Waals surface area (Å²) in [5.41, 5.74) is -0.240. The molecular formula is C18H18F3N3O3. The lowest BCUT2D eigenvalue weighted by atomic mass is 10.1. The van der Waals surface area contributed by atoms with E-state index in [4.69, 9.17) is 0 Å². The molecule has 1 aliphatic rings. The summed E-state index contributed by atoms with van der Waals surface area (Å²) in [7, 11) is 0. The summed E-state index contributed by atoms with van der Waals surface area (Å²) < 4.78 is 38.7. The van der Waals surface area contributed by atoms with Crippen molar-refractivity contribution in [3.8, 4) is 11.4 Å². The van der Waals surface area contributed by atoms with E-state index in [-0.39, 0.29) is 23.1 Å². The highest BCUT2D eigenvalue weighted by molar-refractivity contribution is 5.96. The Morgan fingerprint density at radius 1 is 1.33 bits per heavy atom. The number of nitrogens with one attached hydrogen (secondary N) is 1. The molecule has 0 bridgehead atoms. The smallest absolute Gasteiger partial charge is 0.416 e. The SMILES string of the molecule is Cc1[nH]c(-c2cccc(C(F)(F)F)c2)nc1C(=O)N(C1CC1)C(C)C(=O)O. The zero-order valence-corrected chi connectivity index (χ0v) is 14.7. The molecular weight excluding hydrogens is 363 g/mol. The maximum absolute atomic E-state index is 12.9. The molecule has 3 rings (SSSR count). The standard InChI is InChI=1S/C18H18F3N3O3/c1-9-14(16(25)24(13-6-7-13)10(2)17(26)27)23-15(22-9)11-4-3-5-12(8-11)18(19,20)21/h3-5,8,10,13H,6-7H2,1-2H3,(H,22,23)(H,26,27). The van der Waals surface area contributed by atoms with Gasteiger partial charge in [0.05, 0.1) is 5.56 Å². The molecule has 1 amide bonds. The van der Waals surface area contributed by atoms with Crippen LogP contribution in [0.4, 0.5) is 13.2 Å². The lowest BCUT2D eigenvalue weighted by molar-refractivity contribution is -0.142. The van der Waals surface area contributed by atoms with Gasteiger partial charge < -0.3 is 15.0 Å².